The van der Waals surface area contributed by atoms with Crippen LogP contribution in [0.2, 0.25) is 5.02 Å². The molecule has 0 fully saturated rings. The number of hydrogen-bond acceptors (Lipinski definition) is 5. The topological polar surface area (TPSA) is 55.8 Å². The van der Waals surface area contributed by atoms with Gasteiger partial charge >= 0.3 is 11.9 Å². The van der Waals surface area contributed by atoms with Crippen molar-refractivity contribution in [1.29, 1.82) is 0 Å². The number of carbonyl (C=O) groups is 2. The summed E-state index contributed by atoms with van der Waals surface area (Å²) in [5, 5.41) is 0.465. The Bertz CT molecular complexity index is 2260. The number of halogens is 1. The van der Waals surface area contributed by atoms with Gasteiger partial charge in [-0.2, -0.15) is 0 Å². The number of methoxy groups -OCH3 is 2. The standard InChI is InChI=1S/C46H34ClNO4/c1-51-45(49)42-30-43(46(50)52-2)41(39-15-9-10-16-44(39)47)29-40(42)35-21-27-38(28-22-35)48(36-23-17-33(18-24-36)31-11-5-3-6-12-31)37-25-19-34(20-26-37)32-13-7-4-8-14-32/h3-30H,1-2H3. The SMILES string of the molecule is COC(=O)c1cc(C(=O)OC)c(-c2ccccc2Cl)cc1-c1ccc(N(c2ccc(-c3ccccc3)cc2)c2ccc(-c3ccccc3)cc2)cc1. The van der Waals surface area contributed by atoms with E-state index in [0.717, 1.165) is 44.9 Å². The lowest BCUT2D eigenvalue weighted by atomic mass is 9.90. The number of anilines is 3. The second kappa shape index (κ2) is 15.2. The normalized spacial score (nSPS) is 10.8. The summed E-state index contributed by atoms with van der Waals surface area (Å²) in [5.74, 6) is -1.16. The first-order chi connectivity index (χ1) is 25.4. The van der Waals surface area contributed by atoms with E-state index in [4.69, 9.17) is 21.1 Å². The van der Waals surface area contributed by atoms with Gasteiger partial charge in [-0.05, 0) is 93.5 Å². The van der Waals surface area contributed by atoms with Crippen molar-refractivity contribution >= 4 is 40.6 Å². The molecule has 7 rings (SSSR count). The van der Waals surface area contributed by atoms with Crippen LogP contribution in [0.5, 0.6) is 0 Å². The van der Waals surface area contributed by atoms with Crippen LogP contribution in [-0.2, 0) is 9.47 Å². The minimum Gasteiger partial charge on any atom is -0.465 e. The van der Waals surface area contributed by atoms with Crippen LogP contribution in [0.4, 0.5) is 17.1 Å². The number of nitrogens with zero attached hydrogens (tertiary/aromatic N) is 1. The van der Waals surface area contributed by atoms with Crippen LogP contribution in [0.25, 0.3) is 44.5 Å². The van der Waals surface area contributed by atoms with Crippen LogP contribution in [0.3, 0.4) is 0 Å². The fourth-order valence-electron chi connectivity index (χ4n) is 6.40. The number of hydrogen-bond donors (Lipinski definition) is 0. The molecule has 0 atom stereocenters. The molecule has 0 saturated carbocycles. The van der Waals surface area contributed by atoms with Gasteiger partial charge in [-0.1, -0.05) is 127 Å². The van der Waals surface area contributed by atoms with Gasteiger partial charge in [0, 0.05) is 27.6 Å². The monoisotopic (exact) mass is 699 g/mol. The molecule has 7 aromatic carbocycles. The maximum Gasteiger partial charge on any atom is 0.338 e. The van der Waals surface area contributed by atoms with Gasteiger partial charge in [0.15, 0.2) is 0 Å². The molecule has 52 heavy (non-hydrogen) atoms. The number of esters is 2. The smallest absolute Gasteiger partial charge is 0.338 e. The average Bonchev–Trinajstić information content (AvgIpc) is 3.21. The maximum absolute atomic E-state index is 13.2. The second-order valence-corrected chi connectivity index (χ2v) is 12.5. The Morgan fingerprint density at radius 1 is 0.423 bits per heavy atom. The molecule has 0 aliphatic rings. The fraction of sp³-hybridized carbons (Fsp3) is 0.0435. The summed E-state index contributed by atoms with van der Waals surface area (Å²) < 4.78 is 10.3. The molecule has 5 nitrogen and oxygen atoms in total. The first-order valence-electron chi connectivity index (χ1n) is 16.8. The van der Waals surface area contributed by atoms with Gasteiger partial charge in [0.1, 0.15) is 0 Å². The molecule has 7 aromatic rings. The molecular formula is C46H34ClNO4. The first-order valence-corrected chi connectivity index (χ1v) is 17.1. The van der Waals surface area contributed by atoms with E-state index in [0.29, 0.717) is 21.7 Å². The highest BCUT2D eigenvalue weighted by molar-refractivity contribution is 6.33. The van der Waals surface area contributed by atoms with Crippen molar-refractivity contribution in [2.45, 2.75) is 0 Å². The minimum atomic E-state index is -0.589. The predicted molar refractivity (Wildman–Crippen MR) is 211 cm³/mol. The molecule has 0 aliphatic carbocycles. The Hall–Kier alpha value is -6.43. The molecule has 0 spiro atoms. The Kier molecular flexibility index (Phi) is 9.96. The molecule has 0 amide bonds. The van der Waals surface area contributed by atoms with Gasteiger partial charge in [0.25, 0.3) is 0 Å². The van der Waals surface area contributed by atoms with Crippen LogP contribution < -0.4 is 4.90 Å². The van der Waals surface area contributed by atoms with Gasteiger partial charge in [0.05, 0.1) is 25.3 Å². The Labute approximate surface area is 308 Å². The number of ether oxygens (including phenoxy) is 2. The van der Waals surface area contributed by atoms with Crippen molar-refractivity contribution in [2.75, 3.05) is 19.1 Å². The predicted octanol–water partition coefficient (Wildman–Crippen LogP) is 12.1. The highest BCUT2D eigenvalue weighted by Gasteiger charge is 2.24. The molecule has 0 radical (unpaired) electrons. The molecule has 0 unspecified atom stereocenters. The summed E-state index contributed by atoms with van der Waals surface area (Å²) in [7, 11) is 2.62. The lowest BCUT2D eigenvalue weighted by Gasteiger charge is -2.26. The number of rotatable bonds is 9. The third kappa shape index (κ3) is 6.95. The van der Waals surface area contributed by atoms with E-state index in [-0.39, 0.29) is 11.1 Å². The molecule has 0 bridgehead atoms. The van der Waals surface area contributed by atoms with E-state index < -0.39 is 11.9 Å². The van der Waals surface area contributed by atoms with Crippen LogP contribution in [0.1, 0.15) is 20.7 Å². The van der Waals surface area contributed by atoms with Crippen molar-refractivity contribution in [1.82, 2.24) is 0 Å². The molecule has 0 aliphatic heterocycles. The largest absolute Gasteiger partial charge is 0.465 e. The zero-order valence-corrected chi connectivity index (χ0v) is 29.4. The van der Waals surface area contributed by atoms with Crippen LogP contribution in [0.15, 0.2) is 170 Å². The van der Waals surface area contributed by atoms with E-state index in [9.17, 15) is 9.59 Å². The summed E-state index contributed by atoms with van der Waals surface area (Å²) in [4.78, 5) is 28.4. The lowest BCUT2D eigenvalue weighted by Crippen LogP contribution is -2.11. The quantitative estimate of drug-likeness (QED) is 0.140. The Balaban J connectivity index is 1.33. The minimum absolute atomic E-state index is 0.209. The summed E-state index contributed by atoms with van der Waals surface area (Å²) in [6.07, 6.45) is 0. The Morgan fingerprint density at radius 3 is 1.25 bits per heavy atom. The van der Waals surface area contributed by atoms with Crippen LogP contribution >= 0.6 is 11.6 Å². The van der Waals surface area contributed by atoms with Crippen LogP contribution in [0, 0.1) is 0 Å². The van der Waals surface area contributed by atoms with Crippen molar-refractivity contribution in [3.63, 3.8) is 0 Å². The van der Waals surface area contributed by atoms with E-state index in [2.05, 4.69) is 77.7 Å². The van der Waals surface area contributed by atoms with E-state index in [1.54, 1.807) is 12.1 Å². The number of carbonyl (C=O) groups excluding carboxylic acids is 2. The van der Waals surface area contributed by atoms with E-state index in [1.165, 1.54) is 20.3 Å². The van der Waals surface area contributed by atoms with Gasteiger partial charge in [0.2, 0.25) is 0 Å². The average molecular weight is 700 g/mol. The van der Waals surface area contributed by atoms with Crippen molar-refractivity contribution in [3.05, 3.63) is 186 Å². The van der Waals surface area contributed by atoms with Crippen molar-refractivity contribution in [3.8, 4) is 44.5 Å². The summed E-state index contributed by atoms with van der Waals surface area (Å²) in [6.45, 7) is 0. The van der Waals surface area contributed by atoms with E-state index >= 15 is 0 Å². The molecular weight excluding hydrogens is 666 g/mol. The molecule has 0 N–H and O–H groups in total. The van der Waals surface area contributed by atoms with Gasteiger partial charge in [-0.15, -0.1) is 0 Å². The highest BCUT2D eigenvalue weighted by Crippen LogP contribution is 2.40. The third-order valence-corrected chi connectivity index (χ3v) is 9.36. The second-order valence-electron chi connectivity index (χ2n) is 12.1. The summed E-state index contributed by atoms with van der Waals surface area (Å²) in [6, 6.07) is 56.2. The lowest BCUT2D eigenvalue weighted by molar-refractivity contribution is 0.0600. The van der Waals surface area contributed by atoms with Crippen molar-refractivity contribution < 1.29 is 19.1 Å². The molecule has 254 valence electrons. The fourth-order valence-corrected chi connectivity index (χ4v) is 6.64. The molecule has 0 aromatic heterocycles. The summed E-state index contributed by atoms with van der Waals surface area (Å²) >= 11 is 6.62. The Morgan fingerprint density at radius 2 is 0.808 bits per heavy atom. The number of benzene rings is 7. The van der Waals surface area contributed by atoms with Crippen LogP contribution in [-0.4, -0.2) is 26.2 Å². The first kappa shape index (κ1) is 34.0. The highest BCUT2D eigenvalue weighted by atomic mass is 35.5. The molecule has 0 heterocycles. The summed E-state index contributed by atoms with van der Waals surface area (Å²) in [5.41, 5.74) is 10.4. The maximum atomic E-state index is 13.2. The zero-order chi connectivity index (χ0) is 36.0. The van der Waals surface area contributed by atoms with Crippen molar-refractivity contribution in [2.24, 2.45) is 0 Å². The van der Waals surface area contributed by atoms with E-state index in [1.807, 2.05) is 78.9 Å². The molecule has 0 saturated heterocycles. The molecule has 6 heteroatoms. The third-order valence-electron chi connectivity index (χ3n) is 9.03. The van der Waals surface area contributed by atoms with Gasteiger partial charge in [-0.25, -0.2) is 9.59 Å². The zero-order valence-electron chi connectivity index (χ0n) is 28.6. The van der Waals surface area contributed by atoms with Gasteiger partial charge in [-0.3, -0.25) is 0 Å². The van der Waals surface area contributed by atoms with Gasteiger partial charge < -0.3 is 14.4 Å².